The molecule has 0 saturated heterocycles. The molecule has 0 radical (unpaired) electrons. The van der Waals surface area contributed by atoms with Crippen molar-refractivity contribution in [2.75, 3.05) is 6.54 Å². The highest BCUT2D eigenvalue weighted by Gasteiger charge is 2.19. The van der Waals surface area contributed by atoms with Crippen molar-refractivity contribution in [1.29, 1.82) is 0 Å². The third kappa shape index (κ3) is 5.22. The van der Waals surface area contributed by atoms with E-state index in [2.05, 4.69) is 15.3 Å². The highest BCUT2D eigenvalue weighted by atomic mass is 19.1. The number of imidazole rings is 1. The third-order valence-corrected chi connectivity index (χ3v) is 7.08. The first-order valence-electron chi connectivity index (χ1n) is 12.6. The number of pyridine rings is 2. The predicted molar refractivity (Wildman–Crippen MR) is 138 cm³/mol. The van der Waals surface area contributed by atoms with Crippen molar-refractivity contribution in [2.24, 2.45) is 5.92 Å². The number of nitrogens with zero attached hydrogens (tertiary/aromatic N) is 3. The lowest BCUT2D eigenvalue weighted by Crippen LogP contribution is -2.24. The zero-order valence-electron chi connectivity index (χ0n) is 20.5. The van der Waals surface area contributed by atoms with Crippen LogP contribution in [0.25, 0.3) is 28.0 Å². The van der Waals surface area contributed by atoms with E-state index in [4.69, 9.17) is 0 Å². The van der Waals surface area contributed by atoms with Gasteiger partial charge in [0.15, 0.2) is 0 Å². The normalized spacial score (nSPS) is 17.0. The van der Waals surface area contributed by atoms with Gasteiger partial charge in [-0.15, -0.1) is 0 Å². The van der Waals surface area contributed by atoms with E-state index in [0.29, 0.717) is 35.9 Å². The van der Waals surface area contributed by atoms with Crippen LogP contribution in [0.4, 0.5) is 4.39 Å². The molecule has 1 aromatic carbocycles. The maximum atomic E-state index is 13.8. The molecule has 1 fully saturated rings. The summed E-state index contributed by atoms with van der Waals surface area (Å²) in [6.45, 7) is 2.41. The Morgan fingerprint density at radius 1 is 1.19 bits per heavy atom. The Morgan fingerprint density at radius 2 is 2.06 bits per heavy atom. The zero-order valence-corrected chi connectivity index (χ0v) is 20.5. The molecule has 0 bridgehead atoms. The molecular weight excluding hydrogens is 455 g/mol. The first kappa shape index (κ1) is 24.3. The smallest absolute Gasteiger partial charge is 0.148 e. The van der Waals surface area contributed by atoms with E-state index in [1.807, 2.05) is 34.9 Å². The lowest BCUT2D eigenvalue weighted by atomic mass is 9.85. The molecule has 4 aromatic rings. The van der Waals surface area contributed by atoms with Crippen molar-refractivity contribution in [3.8, 4) is 22.4 Å². The number of halogens is 1. The van der Waals surface area contributed by atoms with Crippen LogP contribution in [-0.4, -0.2) is 31.8 Å². The lowest BCUT2D eigenvalue weighted by molar-refractivity contribution is -0.121. The number of carbonyl (C=O) groups is 1. The lowest BCUT2D eigenvalue weighted by Gasteiger charge is -2.21. The molecular formula is C29H31FN4O2. The van der Waals surface area contributed by atoms with Gasteiger partial charge in [-0.25, -0.2) is 9.37 Å². The van der Waals surface area contributed by atoms with Gasteiger partial charge < -0.3 is 5.11 Å². The second-order valence-corrected chi connectivity index (χ2v) is 9.69. The minimum absolute atomic E-state index is 0.241. The zero-order chi connectivity index (χ0) is 25.1. The molecule has 2 unspecified atom stereocenters. The van der Waals surface area contributed by atoms with Gasteiger partial charge in [0.05, 0.1) is 17.6 Å². The molecule has 0 amide bonds. The molecule has 36 heavy (non-hydrogen) atoms. The summed E-state index contributed by atoms with van der Waals surface area (Å²) in [5.41, 5.74) is 5.40. The largest absolute Gasteiger partial charge is 0.373 e. The second kappa shape index (κ2) is 10.7. The molecule has 5 rings (SSSR count). The van der Waals surface area contributed by atoms with Gasteiger partial charge in [-0.2, -0.15) is 0 Å². The fraction of sp³-hybridized carbons (Fsp3) is 0.345. The van der Waals surface area contributed by atoms with Crippen molar-refractivity contribution in [3.63, 3.8) is 0 Å². The minimum atomic E-state index is -0.864. The van der Waals surface area contributed by atoms with Crippen LogP contribution < -0.4 is 5.32 Å². The first-order chi connectivity index (χ1) is 17.5. The van der Waals surface area contributed by atoms with Crippen molar-refractivity contribution >= 4 is 11.4 Å². The maximum absolute atomic E-state index is 13.8. The highest BCUT2D eigenvalue weighted by Crippen LogP contribution is 2.32. The van der Waals surface area contributed by atoms with Gasteiger partial charge in [0.1, 0.15) is 23.5 Å². The van der Waals surface area contributed by atoms with Crippen LogP contribution in [0.5, 0.6) is 0 Å². The fourth-order valence-corrected chi connectivity index (χ4v) is 5.12. The van der Waals surface area contributed by atoms with Crippen molar-refractivity contribution in [1.82, 2.24) is 19.7 Å². The monoisotopic (exact) mass is 486 g/mol. The number of benzene rings is 1. The molecule has 3 heterocycles. The number of hydrogen-bond donors (Lipinski definition) is 2. The van der Waals surface area contributed by atoms with Gasteiger partial charge in [0, 0.05) is 41.9 Å². The van der Waals surface area contributed by atoms with Crippen LogP contribution in [0.2, 0.25) is 0 Å². The van der Waals surface area contributed by atoms with Crippen molar-refractivity contribution < 1.29 is 14.3 Å². The van der Waals surface area contributed by atoms with Gasteiger partial charge in [-0.1, -0.05) is 6.07 Å². The molecule has 7 heteroatoms. The summed E-state index contributed by atoms with van der Waals surface area (Å²) in [6, 6.07) is 12.8. The number of nitrogens with one attached hydrogen (secondary N) is 1. The van der Waals surface area contributed by atoms with Crippen LogP contribution in [0.1, 0.15) is 56.0 Å². The van der Waals surface area contributed by atoms with Gasteiger partial charge in [0.25, 0.3) is 0 Å². The summed E-state index contributed by atoms with van der Waals surface area (Å²) in [5, 5.41) is 14.1. The Hall–Kier alpha value is -3.42. The number of rotatable bonds is 8. The molecule has 3 aromatic heterocycles. The molecule has 2 atom stereocenters. The fourth-order valence-electron chi connectivity index (χ4n) is 5.12. The van der Waals surface area contributed by atoms with E-state index in [1.165, 1.54) is 6.07 Å². The number of aliphatic hydroxyl groups excluding tert-OH is 1. The van der Waals surface area contributed by atoms with Gasteiger partial charge >= 0.3 is 0 Å². The van der Waals surface area contributed by atoms with E-state index in [-0.39, 0.29) is 5.82 Å². The van der Waals surface area contributed by atoms with Gasteiger partial charge in [-0.05, 0) is 87.0 Å². The van der Waals surface area contributed by atoms with E-state index in [0.717, 1.165) is 60.1 Å². The average molecular weight is 487 g/mol. The summed E-state index contributed by atoms with van der Waals surface area (Å²) in [7, 11) is 0. The number of carbonyl (C=O) groups excluding carboxylic acids is 1. The summed E-state index contributed by atoms with van der Waals surface area (Å²) in [5.74, 6) is 0.614. The number of fused-ring (bicyclic) bond motifs is 1. The second-order valence-electron chi connectivity index (χ2n) is 9.69. The van der Waals surface area contributed by atoms with E-state index < -0.39 is 6.23 Å². The summed E-state index contributed by atoms with van der Waals surface area (Å²) in [4.78, 5) is 20.7. The SMILES string of the molecule is Cc1cc(-c2ncccc2-c2ccc3ncc(C(O)NCCCC4CCCC(=O)C4)n3c2)ccc1F. The van der Waals surface area contributed by atoms with Crippen LogP contribution in [0.3, 0.4) is 0 Å². The molecule has 1 aliphatic carbocycles. The quantitative estimate of drug-likeness (QED) is 0.249. The number of aliphatic hydroxyl groups is 1. The van der Waals surface area contributed by atoms with Crippen LogP contribution in [0, 0.1) is 18.7 Å². The van der Waals surface area contributed by atoms with E-state index in [9.17, 15) is 14.3 Å². The third-order valence-electron chi connectivity index (χ3n) is 7.08. The molecule has 186 valence electrons. The van der Waals surface area contributed by atoms with E-state index >= 15 is 0 Å². The topological polar surface area (TPSA) is 79.5 Å². The van der Waals surface area contributed by atoms with Crippen LogP contribution in [-0.2, 0) is 4.79 Å². The Kier molecular flexibility index (Phi) is 7.20. The minimum Gasteiger partial charge on any atom is -0.373 e. The van der Waals surface area contributed by atoms with Gasteiger partial charge in [0.2, 0.25) is 0 Å². The number of aromatic nitrogens is 3. The first-order valence-corrected chi connectivity index (χ1v) is 12.6. The molecule has 0 aliphatic heterocycles. The molecule has 1 aliphatic rings. The summed E-state index contributed by atoms with van der Waals surface area (Å²) in [6.07, 6.45) is 9.97. The Morgan fingerprint density at radius 3 is 2.89 bits per heavy atom. The number of hydrogen-bond acceptors (Lipinski definition) is 5. The average Bonchev–Trinajstić information content (AvgIpc) is 3.32. The predicted octanol–water partition coefficient (Wildman–Crippen LogP) is 5.63. The highest BCUT2D eigenvalue weighted by molar-refractivity contribution is 5.81. The number of ketones is 1. The molecule has 1 saturated carbocycles. The van der Waals surface area contributed by atoms with E-state index in [1.54, 1.807) is 31.5 Å². The van der Waals surface area contributed by atoms with Crippen molar-refractivity contribution in [2.45, 2.75) is 51.7 Å². The van der Waals surface area contributed by atoms with Gasteiger partial charge in [-0.3, -0.25) is 19.5 Å². The van der Waals surface area contributed by atoms with Crippen molar-refractivity contribution in [3.05, 3.63) is 78.1 Å². The Balaban J connectivity index is 1.34. The maximum Gasteiger partial charge on any atom is 0.148 e. The van der Waals surface area contributed by atoms with Crippen LogP contribution in [0.15, 0.2) is 61.1 Å². The van der Waals surface area contributed by atoms with Crippen LogP contribution >= 0.6 is 0 Å². The summed E-state index contributed by atoms with van der Waals surface area (Å²) < 4.78 is 15.7. The Labute approximate surface area is 210 Å². The Bertz CT molecular complexity index is 1380. The summed E-state index contributed by atoms with van der Waals surface area (Å²) >= 11 is 0. The molecule has 0 spiro atoms. The number of aryl methyl sites for hydroxylation is 1. The standard InChI is InChI=1S/C29H31FN4O2/c1-19-15-21(9-11-25(19)30)28-24(8-4-13-31-28)22-10-12-27-33-17-26(34(27)18-22)29(36)32-14-3-6-20-5-2-7-23(35)16-20/h4,8-13,15,17-18,20,29,32,36H,2-3,5-7,14,16H2,1H3. The molecule has 6 nitrogen and oxygen atoms in total. The molecule has 2 N–H and O–H groups in total. The number of Topliss-reactive ketones (excluding diaryl/α,β-unsaturated/α-hetero) is 1.